The average molecular weight is 372 g/mol. The second-order valence-electron chi connectivity index (χ2n) is 6.14. The maximum Gasteiger partial charge on any atom is 0.246 e. The summed E-state index contributed by atoms with van der Waals surface area (Å²) < 4.78 is 0. The van der Waals surface area contributed by atoms with Gasteiger partial charge in [0.25, 0.3) is 0 Å². The van der Waals surface area contributed by atoms with Gasteiger partial charge in [0.05, 0.1) is 6.04 Å². The number of nitrogens with zero attached hydrogens (tertiary/aromatic N) is 1. The number of hydrogen-bond donors (Lipinski definition) is 5. The van der Waals surface area contributed by atoms with Crippen molar-refractivity contribution >= 4 is 11.8 Å². The average Bonchev–Trinajstić information content (AvgIpc) is 2.62. The summed E-state index contributed by atoms with van der Waals surface area (Å²) >= 11 is 0. The number of hydrogen-bond acceptors (Lipinski definition) is 7. The summed E-state index contributed by atoms with van der Waals surface area (Å²) in [6, 6.07) is 6.84. The van der Waals surface area contributed by atoms with Crippen molar-refractivity contribution in [3.63, 3.8) is 0 Å². The molecule has 2 aromatic rings. The van der Waals surface area contributed by atoms with Crippen molar-refractivity contribution in [1.29, 1.82) is 0 Å². The van der Waals surface area contributed by atoms with Crippen molar-refractivity contribution < 1.29 is 19.8 Å². The first-order valence-corrected chi connectivity index (χ1v) is 8.03. The first kappa shape index (κ1) is 19.9. The highest BCUT2D eigenvalue weighted by atomic mass is 16.3. The number of rotatable bonds is 8. The third-order valence-electron chi connectivity index (χ3n) is 4.12. The van der Waals surface area contributed by atoms with Crippen LogP contribution in [0.1, 0.15) is 11.1 Å². The van der Waals surface area contributed by atoms with Gasteiger partial charge in [0, 0.05) is 17.5 Å². The number of amides is 2. The molecule has 0 saturated heterocycles. The van der Waals surface area contributed by atoms with Crippen molar-refractivity contribution in [2.75, 3.05) is 0 Å². The molecule has 0 aliphatic rings. The van der Waals surface area contributed by atoms with E-state index in [1.54, 1.807) is 12.1 Å². The van der Waals surface area contributed by atoms with Crippen LogP contribution in [0.2, 0.25) is 0 Å². The Balaban J connectivity index is 2.42. The molecule has 0 saturated carbocycles. The Labute approximate surface area is 154 Å². The van der Waals surface area contributed by atoms with E-state index in [1.807, 2.05) is 0 Å². The van der Waals surface area contributed by atoms with E-state index in [0.717, 1.165) is 0 Å². The predicted octanol–water partition coefficient (Wildman–Crippen LogP) is 0.283. The van der Waals surface area contributed by atoms with Crippen LogP contribution < -0.4 is 17.2 Å². The zero-order valence-corrected chi connectivity index (χ0v) is 14.3. The highest BCUT2D eigenvalue weighted by Crippen LogP contribution is 2.37. The van der Waals surface area contributed by atoms with Gasteiger partial charge in [-0.15, -0.1) is 4.91 Å². The topological polar surface area (TPSA) is 182 Å². The van der Waals surface area contributed by atoms with Gasteiger partial charge in [-0.2, -0.15) is 0 Å². The highest BCUT2D eigenvalue weighted by Gasteiger charge is 2.19. The lowest BCUT2D eigenvalue weighted by Crippen LogP contribution is -2.38. The van der Waals surface area contributed by atoms with Crippen LogP contribution in [0.15, 0.2) is 41.6 Å². The van der Waals surface area contributed by atoms with Crippen LogP contribution >= 0.6 is 0 Å². The van der Waals surface area contributed by atoms with E-state index in [-0.39, 0.29) is 29.9 Å². The van der Waals surface area contributed by atoms with Crippen molar-refractivity contribution in [2.45, 2.75) is 24.9 Å². The van der Waals surface area contributed by atoms with Gasteiger partial charge in [-0.25, -0.2) is 0 Å². The van der Waals surface area contributed by atoms with Gasteiger partial charge in [0.1, 0.15) is 11.5 Å². The predicted molar refractivity (Wildman–Crippen MR) is 98.6 cm³/mol. The Bertz CT molecular complexity index is 884. The summed E-state index contributed by atoms with van der Waals surface area (Å²) in [5.74, 6) is -1.75. The van der Waals surface area contributed by atoms with Gasteiger partial charge >= 0.3 is 0 Å². The van der Waals surface area contributed by atoms with Crippen molar-refractivity contribution in [3.8, 4) is 22.6 Å². The number of primary amides is 2. The van der Waals surface area contributed by atoms with E-state index in [0.29, 0.717) is 16.7 Å². The molecule has 142 valence electrons. The lowest BCUT2D eigenvalue weighted by atomic mass is 9.95. The van der Waals surface area contributed by atoms with E-state index in [1.165, 1.54) is 24.3 Å². The molecule has 2 unspecified atom stereocenters. The second-order valence-corrected chi connectivity index (χ2v) is 6.14. The molecule has 9 nitrogen and oxygen atoms in total. The van der Waals surface area contributed by atoms with E-state index in [9.17, 15) is 24.7 Å². The van der Waals surface area contributed by atoms with Gasteiger partial charge < -0.3 is 27.4 Å². The number of carbonyl (C=O) groups is 2. The third kappa shape index (κ3) is 4.79. The summed E-state index contributed by atoms with van der Waals surface area (Å²) in [7, 11) is 0. The minimum atomic E-state index is -1.24. The molecule has 27 heavy (non-hydrogen) atoms. The minimum absolute atomic E-state index is 0.0425. The standard InChI is InChI=1S/C18H20N4O5/c19-13(17(20)25)7-9-1-3-15(23)11(5-9)12-6-10(2-4-16(12)24)8-14(22-27)18(21)26/h1-6,13-14,23-24H,7-8,19H2,(H2,20,25)(H2,21,26). The lowest BCUT2D eigenvalue weighted by molar-refractivity contribution is -0.120. The Morgan fingerprint density at radius 1 is 0.889 bits per heavy atom. The first-order valence-electron chi connectivity index (χ1n) is 8.03. The largest absolute Gasteiger partial charge is 0.507 e. The maximum atomic E-state index is 11.2. The number of nitrogens with two attached hydrogens (primary N) is 3. The van der Waals surface area contributed by atoms with Gasteiger partial charge in [-0.05, 0) is 41.8 Å². The fourth-order valence-corrected chi connectivity index (χ4v) is 2.62. The monoisotopic (exact) mass is 372 g/mol. The number of phenols is 2. The molecule has 8 N–H and O–H groups in total. The normalized spacial score (nSPS) is 12.9. The Hall–Kier alpha value is -3.46. The van der Waals surface area contributed by atoms with E-state index in [4.69, 9.17) is 17.2 Å². The minimum Gasteiger partial charge on any atom is -0.507 e. The van der Waals surface area contributed by atoms with Crippen LogP contribution in [0.4, 0.5) is 0 Å². The molecule has 2 amide bonds. The molecular weight excluding hydrogens is 352 g/mol. The zero-order valence-electron chi connectivity index (χ0n) is 14.3. The lowest BCUT2D eigenvalue weighted by Gasteiger charge is -2.13. The molecule has 0 radical (unpaired) electrons. The van der Waals surface area contributed by atoms with Crippen molar-refractivity contribution in [1.82, 2.24) is 0 Å². The summed E-state index contributed by atoms with van der Waals surface area (Å²) in [5, 5.41) is 23.1. The summed E-state index contributed by atoms with van der Waals surface area (Å²) in [6.45, 7) is 0. The fraction of sp³-hybridized carbons (Fsp3) is 0.222. The molecule has 0 bridgehead atoms. The number of carbonyl (C=O) groups excluding carboxylic acids is 2. The number of phenolic OH excluding ortho intramolecular Hbond substituents is 2. The quantitative estimate of drug-likeness (QED) is 0.415. The smallest absolute Gasteiger partial charge is 0.246 e. The second kappa shape index (κ2) is 8.28. The van der Waals surface area contributed by atoms with Crippen molar-refractivity contribution in [3.05, 3.63) is 52.4 Å². The molecule has 9 heteroatoms. The van der Waals surface area contributed by atoms with Gasteiger partial charge in [0.15, 0.2) is 6.04 Å². The first-order chi connectivity index (χ1) is 12.7. The molecule has 0 aliphatic heterocycles. The van der Waals surface area contributed by atoms with Crippen LogP contribution in [0, 0.1) is 4.91 Å². The van der Waals surface area contributed by atoms with Crippen LogP contribution in [0.25, 0.3) is 11.1 Å². The number of benzene rings is 2. The summed E-state index contributed by atoms with van der Waals surface area (Å²) in [6.07, 6.45) is 0.112. The zero-order chi connectivity index (χ0) is 20.1. The summed E-state index contributed by atoms with van der Waals surface area (Å²) in [4.78, 5) is 33.1. The van der Waals surface area contributed by atoms with E-state index >= 15 is 0 Å². The molecule has 0 fully saturated rings. The molecular formula is C18H20N4O5. The number of aromatic hydroxyl groups is 2. The molecule has 0 heterocycles. The van der Waals surface area contributed by atoms with Gasteiger partial charge in [0.2, 0.25) is 11.8 Å². The molecule has 2 rings (SSSR count). The Morgan fingerprint density at radius 2 is 1.37 bits per heavy atom. The molecule has 0 aromatic heterocycles. The van der Waals surface area contributed by atoms with Crippen molar-refractivity contribution in [2.24, 2.45) is 22.4 Å². The SMILES string of the molecule is NC(=O)C(N)Cc1ccc(O)c(-c2cc(CC(N=O)C(N)=O)ccc2O)c1. The Morgan fingerprint density at radius 3 is 1.78 bits per heavy atom. The Kier molecular flexibility index (Phi) is 6.09. The van der Waals surface area contributed by atoms with E-state index in [2.05, 4.69) is 5.18 Å². The van der Waals surface area contributed by atoms with Crippen LogP contribution in [0.5, 0.6) is 11.5 Å². The molecule has 2 atom stereocenters. The van der Waals surface area contributed by atoms with Crippen LogP contribution in [-0.4, -0.2) is 34.1 Å². The molecule has 0 spiro atoms. The molecule has 2 aromatic carbocycles. The third-order valence-corrected chi connectivity index (χ3v) is 4.12. The van der Waals surface area contributed by atoms with Gasteiger partial charge in [-0.1, -0.05) is 17.3 Å². The maximum absolute atomic E-state index is 11.2. The van der Waals surface area contributed by atoms with Gasteiger partial charge in [-0.3, -0.25) is 9.59 Å². The number of nitroso groups, excluding NO2 is 1. The van der Waals surface area contributed by atoms with Crippen LogP contribution in [-0.2, 0) is 22.4 Å². The summed E-state index contributed by atoms with van der Waals surface area (Å²) in [5.41, 5.74) is 17.6. The van der Waals surface area contributed by atoms with E-state index < -0.39 is 23.9 Å². The highest BCUT2D eigenvalue weighted by molar-refractivity contribution is 5.81. The fourth-order valence-electron chi connectivity index (χ4n) is 2.62. The molecule has 0 aliphatic carbocycles. The van der Waals surface area contributed by atoms with Crippen LogP contribution in [0.3, 0.4) is 0 Å².